The Morgan fingerprint density at radius 2 is 2.30 bits per heavy atom. The van der Waals surface area contributed by atoms with E-state index in [1.165, 1.54) is 0 Å². The van der Waals surface area contributed by atoms with Crippen LogP contribution in [0.1, 0.15) is 16.7 Å². The Morgan fingerprint density at radius 3 is 2.90 bits per heavy atom. The van der Waals surface area contributed by atoms with Gasteiger partial charge in [-0.1, -0.05) is 6.07 Å². The highest BCUT2D eigenvalue weighted by Crippen LogP contribution is 2.22. The van der Waals surface area contributed by atoms with E-state index in [0.29, 0.717) is 18.7 Å². The van der Waals surface area contributed by atoms with Crippen molar-refractivity contribution in [2.45, 2.75) is 19.5 Å². The molecule has 1 saturated heterocycles. The highest BCUT2D eigenvalue weighted by molar-refractivity contribution is 5.71. The maximum atomic E-state index is 11.2. The number of carboxylic acid groups (broad SMARTS) is 1. The molecule has 0 aliphatic carbocycles. The lowest BCUT2D eigenvalue weighted by Crippen LogP contribution is -2.40. The Bertz CT molecular complexity index is 551. The molecule has 0 radical (unpaired) electrons. The van der Waals surface area contributed by atoms with Gasteiger partial charge in [0, 0.05) is 12.6 Å². The van der Waals surface area contributed by atoms with Gasteiger partial charge in [-0.2, -0.15) is 5.26 Å². The van der Waals surface area contributed by atoms with Crippen LogP contribution in [0.15, 0.2) is 18.2 Å². The van der Waals surface area contributed by atoms with E-state index < -0.39 is 11.9 Å². The monoisotopic (exact) mass is 274 g/mol. The predicted molar refractivity (Wildman–Crippen MR) is 73.1 cm³/mol. The number of hydrogen-bond acceptors (Lipinski definition) is 4. The van der Waals surface area contributed by atoms with E-state index >= 15 is 0 Å². The van der Waals surface area contributed by atoms with Crippen LogP contribution in [0.5, 0.6) is 0 Å². The van der Waals surface area contributed by atoms with Crippen molar-refractivity contribution in [1.82, 2.24) is 4.90 Å². The lowest BCUT2D eigenvalue weighted by Gasteiger charge is -2.26. The van der Waals surface area contributed by atoms with Crippen molar-refractivity contribution in [3.8, 4) is 6.07 Å². The molecule has 5 heteroatoms. The minimum absolute atomic E-state index is 0.109. The Labute approximate surface area is 118 Å². The summed E-state index contributed by atoms with van der Waals surface area (Å²) >= 11 is 0. The summed E-state index contributed by atoms with van der Waals surface area (Å²) in [6.07, 6.45) is 0. The van der Waals surface area contributed by atoms with Crippen LogP contribution in [0.25, 0.3) is 0 Å². The number of rotatable bonds is 4. The molecule has 0 aromatic heterocycles. The van der Waals surface area contributed by atoms with Gasteiger partial charge in [-0.15, -0.1) is 0 Å². The van der Waals surface area contributed by atoms with Crippen molar-refractivity contribution in [2.24, 2.45) is 5.92 Å². The molecule has 2 rings (SSSR count). The number of carbonyl (C=O) groups is 1. The fourth-order valence-electron chi connectivity index (χ4n) is 2.54. The van der Waals surface area contributed by atoms with Crippen molar-refractivity contribution in [2.75, 3.05) is 20.3 Å². The molecule has 1 aromatic carbocycles. The molecular weight excluding hydrogens is 256 g/mol. The van der Waals surface area contributed by atoms with Crippen LogP contribution < -0.4 is 0 Å². The molecule has 1 aliphatic heterocycles. The minimum atomic E-state index is -0.809. The van der Waals surface area contributed by atoms with Crippen LogP contribution in [0.3, 0.4) is 0 Å². The maximum Gasteiger partial charge on any atom is 0.310 e. The van der Waals surface area contributed by atoms with Gasteiger partial charge in [0.1, 0.15) is 0 Å². The molecule has 2 atom stereocenters. The van der Waals surface area contributed by atoms with Crippen LogP contribution in [0.2, 0.25) is 0 Å². The van der Waals surface area contributed by atoms with E-state index in [1.807, 2.05) is 31.0 Å². The first-order chi connectivity index (χ1) is 9.52. The number of aryl methyl sites for hydroxylation is 1. The first-order valence-corrected chi connectivity index (χ1v) is 6.53. The Balaban J connectivity index is 2.10. The molecule has 0 spiro atoms. The highest BCUT2D eigenvalue weighted by Gasteiger charge is 2.36. The fraction of sp³-hybridized carbons (Fsp3) is 0.467. The second-order valence-corrected chi connectivity index (χ2v) is 5.22. The summed E-state index contributed by atoms with van der Waals surface area (Å²) in [5.74, 6) is -1.28. The van der Waals surface area contributed by atoms with Gasteiger partial charge in [0.2, 0.25) is 0 Å². The molecule has 20 heavy (non-hydrogen) atoms. The molecule has 0 amide bonds. The second-order valence-electron chi connectivity index (χ2n) is 5.22. The summed E-state index contributed by atoms with van der Waals surface area (Å²) < 4.78 is 5.29. The number of aliphatic carboxylic acids is 1. The Morgan fingerprint density at radius 1 is 1.55 bits per heavy atom. The van der Waals surface area contributed by atoms with E-state index in [0.717, 1.165) is 11.1 Å². The summed E-state index contributed by atoms with van der Waals surface area (Å²) in [6.45, 7) is 3.33. The summed E-state index contributed by atoms with van der Waals surface area (Å²) in [4.78, 5) is 13.2. The van der Waals surface area contributed by atoms with Crippen molar-refractivity contribution in [3.05, 3.63) is 34.9 Å². The van der Waals surface area contributed by atoms with Crippen molar-refractivity contribution < 1.29 is 14.6 Å². The number of likely N-dealkylation sites (N-methyl/N-ethyl adjacent to an activating group) is 1. The van der Waals surface area contributed by atoms with Gasteiger partial charge in [-0.3, -0.25) is 9.69 Å². The Kier molecular flexibility index (Phi) is 4.38. The molecule has 2 unspecified atom stereocenters. The number of ether oxygens (including phenoxy) is 1. The first-order valence-electron chi connectivity index (χ1n) is 6.53. The zero-order chi connectivity index (χ0) is 14.7. The molecule has 1 aromatic rings. The standard InChI is InChI=1S/C15H18N2O3/c1-10-5-11(6-16)3-4-12(10)7-17(2)14-9-20-8-13(14)15(18)19/h3-5,13-14H,7-9H2,1-2H3,(H,18,19). The van der Waals surface area contributed by atoms with Crippen LogP contribution >= 0.6 is 0 Å². The van der Waals surface area contributed by atoms with Crippen LogP contribution in [-0.2, 0) is 16.1 Å². The molecule has 1 N–H and O–H groups in total. The summed E-state index contributed by atoms with van der Waals surface area (Å²) in [7, 11) is 1.91. The van der Waals surface area contributed by atoms with E-state index in [-0.39, 0.29) is 12.6 Å². The van der Waals surface area contributed by atoms with Crippen LogP contribution in [0.4, 0.5) is 0 Å². The third-order valence-electron chi connectivity index (χ3n) is 3.83. The third-order valence-corrected chi connectivity index (χ3v) is 3.83. The number of hydrogen-bond donors (Lipinski definition) is 1. The minimum Gasteiger partial charge on any atom is -0.481 e. The smallest absolute Gasteiger partial charge is 0.310 e. The van der Waals surface area contributed by atoms with Crippen LogP contribution in [0, 0.1) is 24.2 Å². The fourth-order valence-corrected chi connectivity index (χ4v) is 2.54. The lowest BCUT2D eigenvalue weighted by molar-refractivity contribution is -0.143. The Hall–Kier alpha value is -1.90. The average Bonchev–Trinajstić information content (AvgIpc) is 2.90. The first kappa shape index (κ1) is 14.5. The van der Waals surface area contributed by atoms with Gasteiger partial charge < -0.3 is 9.84 Å². The lowest BCUT2D eigenvalue weighted by atomic mass is 10.0. The second kappa shape index (κ2) is 6.04. The molecule has 0 saturated carbocycles. The van der Waals surface area contributed by atoms with Gasteiger partial charge in [0.05, 0.1) is 30.8 Å². The third kappa shape index (κ3) is 2.98. The summed E-state index contributed by atoms with van der Waals surface area (Å²) in [5.41, 5.74) is 2.78. The number of benzene rings is 1. The average molecular weight is 274 g/mol. The highest BCUT2D eigenvalue weighted by atomic mass is 16.5. The molecule has 1 aliphatic rings. The summed E-state index contributed by atoms with van der Waals surface area (Å²) in [6, 6.07) is 7.57. The molecule has 1 fully saturated rings. The summed E-state index contributed by atoms with van der Waals surface area (Å²) in [5, 5.41) is 18.0. The number of nitriles is 1. The molecule has 1 heterocycles. The van der Waals surface area contributed by atoms with E-state index in [1.54, 1.807) is 6.07 Å². The van der Waals surface area contributed by atoms with E-state index in [4.69, 9.17) is 10.00 Å². The van der Waals surface area contributed by atoms with Gasteiger partial charge in [-0.25, -0.2) is 0 Å². The predicted octanol–water partition coefficient (Wildman–Crippen LogP) is 1.40. The largest absolute Gasteiger partial charge is 0.481 e. The van der Waals surface area contributed by atoms with E-state index in [2.05, 4.69) is 6.07 Å². The molecule has 0 bridgehead atoms. The molecular formula is C15H18N2O3. The number of carboxylic acids is 1. The van der Waals surface area contributed by atoms with Gasteiger partial charge in [-0.05, 0) is 37.2 Å². The van der Waals surface area contributed by atoms with Crippen molar-refractivity contribution >= 4 is 5.97 Å². The SMILES string of the molecule is Cc1cc(C#N)ccc1CN(C)C1COCC1C(=O)O. The van der Waals surface area contributed by atoms with Crippen molar-refractivity contribution in [3.63, 3.8) is 0 Å². The zero-order valence-corrected chi connectivity index (χ0v) is 11.7. The van der Waals surface area contributed by atoms with Gasteiger partial charge >= 0.3 is 5.97 Å². The van der Waals surface area contributed by atoms with Crippen molar-refractivity contribution in [1.29, 1.82) is 5.26 Å². The van der Waals surface area contributed by atoms with Gasteiger partial charge in [0.25, 0.3) is 0 Å². The topological polar surface area (TPSA) is 73.6 Å². The zero-order valence-electron chi connectivity index (χ0n) is 11.7. The van der Waals surface area contributed by atoms with Crippen LogP contribution in [-0.4, -0.2) is 42.3 Å². The molecule has 5 nitrogen and oxygen atoms in total. The number of nitrogens with zero attached hydrogens (tertiary/aromatic N) is 2. The molecule has 106 valence electrons. The van der Waals surface area contributed by atoms with E-state index in [9.17, 15) is 9.90 Å². The normalized spacial score (nSPS) is 21.9. The van der Waals surface area contributed by atoms with Gasteiger partial charge in [0.15, 0.2) is 0 Å². The quantitative estimate of drug-likeness (QED) is 0.898. The maximum absolute atomic E-state index is 11.2.